The minimum Gasteiger partial charge on any atom is -0.187 e. The quantitative estimate of drug-likeness (QED) is 0.846. The van der Waals surface area contributed by atoms with Crippen LogP contribution in [0.4, 0.5) is 0 Å². The van der Waals surface area contributed by atoms with Crippen LogP contribution in [0.15, 0.2) is 40.6 Å². The summed E-state index contributed by atoms with van der Waals surface area (Å²) in [6, 6.07) is 10.2. The van der Waals surface area contributed by atoms with Crippen LogP contribution in [-0.2, 0) is 0 Å². The van der Waals surface area contributed by atoms with Crippen molar-refractivity contribution in [2.75, 3.05) is 5.75 Å². The van der Waals surface area contributed by atoms with Crippen molar-refractivity contribution in [3.63, 3.8) is 0 Å². The second-order valence-corrected chi connectivity index (χ2v) is 6.64. The molecule has 2 aromatic rings. The van der Waals surface area contributed by atoms with E-state index in [1.807, 2.05) is 22.9 Å². The largest absolute Gasteiger partial charge is 0.212 e. The van der Waals surface area contributed by atoms with Crippen molar-refractivity contribution in [3.8, 4) is 11.4 Å². The summed E-state index contributed by atoms with van der Waals surface area (Å²) in [5, 5.41) is 14.4. The topological polar surface area (TPSA) is 43.1 Å². The zero-order valence-electron chi connectivity index (χ0n) is 11.9. The Kier molecular flexibility index (Phi) is 3.51. The average molecular weight is 298 g/mol. The Hall–Kier alpha value is -1.62. The molecule has 4 rings (SSSR count). The molecule has 1 fully saturated rings. The monoisotopic (exact) mass is 298 g/mol. The predicted octanol–water partition coefficient (Wildman–Crippen LogP) is 3.84. The Morgan fingerprint density at radius 1 is 1.00 bits per heavy atom. The summed E-state index contributed by atoms with van der Waals surface area (Å²) < 4.78 is 1.94. The van der Waals surface area contributed by atoms with Gasteiger partial charge in [-0.3, -0.25) is 0 Å². The molecule has 0 N–H and O–H groups in total. The summed E-state index contributed by atoms with van der Waals surface area (Å²) in [5.41, 5.74) is 2.40. The SMILES string of the molecule is c1ccc(-c2nnc3n2N=C(C2CCCCC2)CS3)cc1. The van der Waals surface area contributed by atoms with Gasteiger partial charge < -0.3 is 0 Å². The van der Waals surface area contributed by atoms with Crippen LogP contribution in [0, 0.1) is 5.92 Å². The van der Waals surface area contributed by atoms with Crippen LogP contribution >= 0.6 is 11.8 Å². The van der Waals surface area contributed by atoms with Crippen LogP contribution in [0.1, 0.15) is 32.1 Å². The number of rotatable bonds is 2. The number of hydrogen-bond donors (Lipinski definition) is 0. The maximum absolute atomic E-state index is 4.89. The van der Waals surface area contributed by atoms with Gasteiger partial charge >= 0.3 is 0 Å². The summed E-state index contributed by atoms with van der Waals surface area (Å²) in [6.45, 7) is 0. The van der Waals surface area contributed by atoms with Gasteiger partial charge in [0, 0.05) is 11.3 Å². The lowest BCUT2D eigenvalue weighted by molar-refractivity contribution is 0.436. The molecule has 1 aromatic carbocycles. The van der Waals surface area contributed by atoms with Gasteiger partial charge in [-0.1, -0.05) is 61.4 Å². The van der Waals surface area contributed by atoms with Gasteiger partial charge in [-0.2, -0.15) is 9.78 Å². The molecule has 0 unspecified atom stereocenters. The van der Waals surface area contributed by atoms with Crippen LogP contribution in [0.3, 0.4) is 0 Å². The lowest BCUT2D eigenvalue weighted by Gasteiger charge is -2.25. The van der Waals surface area contributed by atoms with E-state index in [2.05, 4.69) is 22.3 Å². The van der Waals surface area contributed by atoms with E-state index in [4.69, 9.17) is 5.10 Å². The van der Waals surface area contributed by atoms with Gasteiger partial charge in [0.15, 0.2) is 5.82 Å². The van der Waals surface area contributed by atoms with E-state index in [1.54, 1.807) is 11.8 Å². The maximum atomic E-state index is 4.89. The van der Waals surface area contributed by atoms with Crippen molar-refractivity contribution in [1.29, 1.82) is 0 Å². The van der Waals surface area contributed by atoms with Crippen molar-refractivity contribution >= 4 is 17.5 Å². The molecule has 1 aliphatic carbocycles. The Labute approximate surface area is 128 Å². The minimum absolute atomic E-state index is 0.658. The molecule has 21 heavy (non-hydrogen) atoms. The molecule has 2 aliphatic rings. The molecule has 1 aromatic heterocycles. The third kappa shape index (κ3) is 2.50. The lowest BCUT2D eigenvalue weighted by atomic mass is 9.86. The second kappa shape index (κ2) is 5.64. The highest BCUT2D eigenvalue weighted by atomic mass is 32.2. The fourth-order valence-electron chi connectivity index (χ4n) is 3.14. The summed E-state index contributed by atoms with van der Waals surface area (Å²) in [4.78, 5) is 0. The molecule has 1 saturated carbocycles. The first-order valence-electron chi connectivity index (χ1n) is 7.63. The zero-order chi connectivity index (χ0) is 14.1. The van der Waals surface area contributed by atoms with Gasteiger partial charge in [0.25, 0.3) is 0 Å². The number of hydrogen-bond acceptors (Lipinski definition) is 4. The number of fused-ring (bicyclic) bond motifs is 1. The van der Waals surface area contributed by atoms with Gasteiger partial charge in [0.1, 0.15) is 0 Å². The van der Waals surface area contributed by atoms with Crippen molar-refractivity contribution in [1.82, 2.24) is 14.9 Å². The van der Waals surface area contributed by atoms with Crippen molar-refractivity contribution < 1.29 is 0 Å². The number of benzene rings is 1. The maximum Gasteiger partial charge on any atom is 0.212 e. The highest BCUT2D eigenvalue weighted by Gasteiger charge is 2.25. The molecule has 0 bridgehead atoms. The molecular weight excluding hydrogens is 280 g/mol. The van der Waals surface area contributed by atoms with E-state index >= 15 is 0 Å². The molecular formula is C16H18N4S. The van der Waals surface area contributed by atoms with Crippen LogP contribution in [0.2, 0.25) is 0 Å². The summed E-state index contributed by atoms with van der Waals surface area (Å²) in [5.74, 6) is 2.48. The molecule has 108 valence electrons. The molecule has 0 spiro atoms. The second-order valence-electron chi connectivity index (χ2n) is 5.70. The van der Waals surface area contributed by atoms with Crippen LogP contribution in [0.25, 0.3) is 11.4 Å². The molecule has 0 saturated heterocycles. The third-order valence-electron chi connectivity index (χ3n) is 4.30. The Morgan fingerprint density at radius 3 is 2.62 bits per heavy atom. The van der Waals surface area contributed by atoms with Crippen molar-refractivity contribution in [2.24, 2.45) is 11.0 Å². The smallest absolute Gasteiger partial charge is 0.187 e. The first-order chi connectivity index (χ1) is 10.4. The standard InChI is InChI=1S/C16H18N4S/c1-3-7-12(8-4-1)14-11-21-16-18-17-15(20(16)19-14)13-9-5-2-6-10-13/h2,5-6,9-10,12H,1,3-4,7-8,11H2. The Morgan fingerprint density at radius 2 is 1.81 bits per heavy atom. The Bertz CT molecular complexity index is 656. The first kappa shape index (κ1) is 13.1. The van der Waals surface area contributed by atoms with Crippen LogP contribution in [0.5, 0.6) is 0 Å². The minimum atomic E-state index is 0.658. The van der Waals surface area contributed by atoms with E-state index in [9.17, 15) is 0 Å². The lowest BCUT2D eigenvalue weighted by Crippen LogP contribution is -2.23. The molecule has 0 atom stereocenters. The van der Waals surface area contributed by atoms with E-state index in [-0.39, 0.29) is 0 Å². The van der Waals surface area contributed by atoms with Gasteiger partial charge in [-0.05, 0) is 18.8 Å². The van der Waals surface area contributed by atoms with Crippen molar-refractivity contribution in [2.45, 2.75) is 37.3 Å². The number of thioether (sulfide) groups is 1. The highest BCUT2D eigenvalue weighted by molar-refractivity contribution is 7.99. The first-order valence-corrected chi connectivity index (χ1v) is 8.62. The van der Waals surface area contributed by atoms with E-state index in [0.717, 1.165) is 22.3 Å². The summed E-state index contributed by atoms with van der Waals surface area (Å²) in [6.07, 6.45) is 6.64. The normalized spacial score (nSPS) is 19.1. The fraction of sp³-hybridized carbons (Fsp3) is 0.438. The predicted molar refractivity (Wildman–Crippen MR) is 85.6 cm³/mol. The molecule has 2 heterocycles. The van der Waals surface area contributed by atoms with Crippen molar-refractivity contribution in [3.05, 3.63) is 30.3 Å². The zero-order valence-corrected chi connectivity index (χ0v) is 12.7. The van der Waals surface area contributed by atoms with Crippen LogP contribution < -0.4 is 0 Å². The summed E-state index contributed by atoms with van der Waals surface area (Å²) >= 11 is 1.76. The van der Waals surface area contributed by atoms with Gasteiger partial charge in [-0.15, -0.1) is 10.2 Å². The molecule has 5 heteroatoms. The summed E-state index contributed by atoms with van der Waals surface area (Å²) in [7, 11) is 0. The Balaban J connectivity index is 1.70. The van der Waals surface area contributed by atoms with E-state index < -0.39 is 0 Å². The third-order valence-corrected chi connectivity index (χ3v) is 5.25. The van der Waals surface area contributed by atoms with Gasteiger partial charge in [0.2, 0.25) is 5.16 Å². The van der Waals surface area contributed by atoms with Crippen LogP contribution in [-0.4, -0.2) is 26.3 Å². The molecule has 4 nitrogen and oxygen atoms in total. The molecule has 0 radical (unpaired) electrons. The van der Waals surface area contributed by atoms with Gasteiger partial charge in [-0.25, -0.2) is 0 Å². The van der Waals surface area contributed by atoms with E-state index in [0.29, 0.717) is 5.92 Å². The highest BCUT2D eigenvalue weighted by Crippen LogP contribution is 2.32. The number of aromatic nitrogens is 3. The fourth-order valence-corrected chi connectivity index (χ4v) is 4.06. The van der Waals surface area contributed by atoms with Gasteiger partial charge in [0.05, 0.1) is 5.71 Å². The van der Waals surface area contributed by atoms with E-state index in [1.165, 1.54) is 37.8 Å². The molecule has 1 aliphatic heterocycles. The average Bonchev–Trinajstić information content (AvgIpc) is 2.99. The molecule has 0 amide bonds. The number of nitrogens with zero attached hydrogens (tertiary/aromatic N) is 4.